The predicted molar refractivity (Wildman–Crippen MR) is 111 cm³/mol. The van der Waals surface area contributed by atoms with E-state index < -0.39 is 0 Å². The largest absolute Gasteiger partial charge is 0.357 e. The van der Waals surface area contributed by atoms with Crippen molar-refractivity contribution < 1.29 is 9.18 Å². The van der Waals surface area contributed by atoms with Gasteiger partial charge >= 0.3 is 0 Å². The molecule has 2 aromatic rings. The van der Waals surface area contributed by atoms with Gasteiger partial charge in [-0.1, -0.05) is 24.3 Å². The fourth-order valence-electron chi connectivity index (χ4n) is 3.22. The molecule has 0 aromatic heterocycles. The second kappa shape index (κ2) is 9.35. The number of guanidine groups is 1. The van der Waals surface area contributed by atoms with Crippen molar-refractivity contribution in [2.24, 2.45) is 4.99 Å². The lowest BCUT2D eigenvalue weighted by Gasteiger charge is -2.16. The zero-order chi connectivity index (χ0) is 19.9. The Morgan fingerprint density at radius 1 is 1.14 bits per heavy atom. The predicted octanol–water partition coefficient (Wildman–Crippen LogP) is 3.52. The average Bonchev–Trinajstić information content (AvgIpc) is 3.13. The van der Waals surface area contributed by atoms with E-state index >= 15 is 0 Å². The minimum atomic E-state index is -0.197. The molecule has 5 nitrogen and oxygen atoms in total. The quantitative estimate of drug-likeness (QED) is 0.594. The maximum Gasteiger partial charge on any atom is 0.227 e. The number of nitrogens with zero attached hydrogens (tertiary/aromatic N) is 2. The molecule has 2 N–H and O–H groups in total. The normalized spacial score (nSPS) is 14.5. The Kier molecular flexibility index (Phi) is 6.63. The van der Waals surface area contributed by atoms with Crippen LogP contribution in [0.3, 0.4) is 0 Å². The fourth-order valence-corrected chi connectivity index (χ4v) is 3.22. The summed E-state index contributed by atoms with van der Waals surface area (Å²) >= 11 is 0. The van der Waals surface area contributed by atoms with Crippen LogP contribution in [0.1, 0.15) is 36.5 Å². The van der Waals surface area contributed by atoms with Gasteiger partial charge in [0, 0.05) is 31.7 Å². The molecule has 1 aliphatic heterocycles. The van der Waals surface area contributed by atoms with Crippen molar-refractivity contribution in [3.63, 3.8) is 0 Å². The van der Waals surface area contributed by atoms with Crippen LogP contribution in [0.15, 0.2) is 47.5 Å². The van der Waals surface area contributed by atoms with Crippen molar-refractivity contribution in [2.45, 2.75) is 39.8 Å². The first kappa shape index (κ1) is 19.9. The van der Waals surface area contributed by atoms with Crippen molar-refractivity contribution >= 4 is 17.6 Å². The molecule has 0 spiro atoms. The summed E-state index contributed by atoms with van der Waals surface area (Å²) in [5.41, 5.74) is 3.66. The van der Waals surface area contributed by atoms with Gasteiger partial charge in [-0.3, -0.25) is 4.79 Å². The Morgan fingerprint density at radius 3 is 2.54 bits per heavy atom. The Balaban J connectivity index is 1.59. The van der Waals surface area contributed by atoms with Gasteiger partial charge in [0.1, 0.15) is 5.82 Å². The van der Waals surface area contributed by atoms with E-state index in [9.17, 15) is 9.18 Å². The number of anilines is 1. The first-order valence-corrected chi connectivity index (χ1v) is 9.73. The minimum absolute atomic E-state index is 0.197. The summed E-state index contributed by atoms with van der Waals surface area (Å²) in [6.45, 7) is 6.43. The van der Waals surface area contributed by atoms with Gasteiger partial charge in [-0.2, -0.15) is 0 Å². The number of halogens is 1. The lowest BCUT2D eigenvalue weighted by Crippen LogP contribution is -2.36. The Labute approximate surface area is 165 Å². The lowest BCUT2D eigenvalue weighted by atomic mass is 10.1. The van der Waals surface area contributed by atoms with E-state index in [0.29, 0.717) is 31.0 Å². The number of hydrogen-bond donors (Lipinski definition) is 2. The highest BCUT2D eigenvalue weighted by atomic mass is 19.1. The third-order valence-corrected chi connectivity index (χ3v) is 4.77. The minimum Gasteiger partial charge on any atom is -0.357 e. The van der Waals surface area contributed by atoms with E-state index in [2.05, 4.69) is 15.6 Å². The molecule has 6 heteroatoms. The number of aliphatic imine (C=N–C) groups is 1. The SMILES string of the molecule is CCNC(=NCc1ccc(F)c(C)c1)NCc1ccc(N2CCCC2=O)cc1. The highest BCUT2D eigenvalue weighted by Gasteiger charge is 2.21. The van der Waals surface area contributed by atoms with Crippen LogP contribution in [0, 0.1) is 12.7 Å². The molecule has 1 saturated heterocycles. The molecular weight excluding hydrogens is 355 g/mol. The first-order chi connectivity index (χ1) is 13.6. The standard InChI is InChI=1S/C22H27FN4O/c1-3-24-22(26-15-18-8-11-20(23)16(2)13-18)25-14-17-6-9-19(10-7-17)27-12-4-5-21(27)28/h6-11,13H,3-5,12,14-15H2,1-2H3,(H2,24,25,26). The number of nitrogens with one attached hydrogen (secondary N) is 2. The Morgan fingerprint density at radius 2 is 1.89 bits per heavy atom. The molecule has 1 amide bonds. The average molecular weight is 382 g/mol. The summed E-state index contributed by atoms with van der Waals surface area (Å²) < 4.78 is 13.4. The molecule has 3 rings (SSSR count). The second-order valence-electron chi connectivity index (χ2n) is 6.95. The molecule has 1 aliphatic rings. The van der Waals surface area contributed by atoms with Crippen LogP contribution in [0.2, 0.25) is 0 Å². The second-order valence-corrected chi connectivity index (χ2v) is 6.95. The lowest BCUT2D eigenvalue weighted by molar-refractivity contribution is -0.117. The molecule has 0 aliphatic carbocycles. The van der Waals surface area contributed by atoms with E-state index in [1.165, 1.54) is 6.07 Å². The molecule has 148 valence electrons. The third-order valence-electron chi connectivity index (χ3n) is 4.77. The summed E-state index contributed by atoms with van der Waals surface area (Å²) in [6.07, 6.45) is 1.57. The van der Waals surface area contributed by atoms with E-state index in [1.807, 2.05) is 42.2 Å². The summed E-state index contributed by atoms with van der Waals surface area (Å²) in [5.74, 6) is 0.712. The third kappa shape index (κ3) is 5.09. The summed E-state index contributed by atoms with van der Waals surface area (Å²) in [5, 5.41) is 6.54. The molecule has 0 unspecified atom stereocenters. The Bertz CT molecular complexity index is 848. The van der Waals surface area contributed by atoms with Crippen LogP contribution in [0.5, 0.6) is 0 Å². The van der Waals surface area contributed by atoms with Gasteiger partial charge in [-0.05, 0) is 55.2 Å². The molecule has 0 saturated carbocycles. The topological polar surface area (TPSA) is 56.7 Å². The molecule has 2 aromatic carbocycles. The van der Waals surface area contributed by atoms with Crippen LogP contribution in [0.25, 0.3) is 0 Å². The van der Waals surface area contributed by atoms with Crippen molar-refractivity contribution in [3.8, 4) is 0 Å². The highest BCUT2D eigenvalue weighted by molar-refractivity contribution is 5.95. The summed E-state index contributed by atoms with van der Waals surface area (Å²) in [7, 11) is 0. The van der Waals surface area contributed by atoms with Crippen LogP contribution >= 0.6 is 0 Å². The number of rotatable bonds is 6. The van der Waals surface area contributed by atoms with Crippen LogP contribution in [-0.2, 0) is 17.9 Å². The van der Waals surface area contributed by atoms with Crippen molar-refractivity contribution in [2.75, 3.05) is 18.0 Å². The Hall–Kier alpha value is -2.89. The van der Waals surface area contributed by atoms with Gasteiger partial charge < -0.3 is 15.5 Å². The van der Waals surface area contributed by atoms with Crippen LogP contribution < -0.4 is 15.5 Å². The number of hydrogen-bond acceptors (Lipinski definition) is 2. The molecule has 1 heterocycles. The molecule has 0 bridgehead atoms. The van der Waals surface area contributed by atoms with Crippen LogP contribution in [0.4, 0.5) is 10.1 Å². The molecule has 28 heavy (non-hydrogen) atoms. The number of amides is 1. The monoisotopic (exact) mass is 382 g/mol. The summed E-state index contributed by atoms with van der Waals surface area (Å²) in [4.78, 5) is 18.3. The zero-order valence-electron chi connectivity index (χ0n) is 16.5. The van der Waals surface area contributed by atoms with Crippen LogP contribution in [-0.4, -0.2) is 25.0 Å². The number of benzene rings is 2. The fraction of sp³-hybridized carbons (Fsp3) is 0.364. The molecular formula is C22H27FN4O. The van der Waals surface area contributed by atoms with Gasteiger partial charge in [0.15, 0.2) is 5.96 Å². The van der Waals surface area contributed by atoms with Gasteiger partial charge in [-0.15, -0.1) is 0 Å². The van der Waals surface area contributed by atoms with Gasteiger partial charge in [0.2, 0.25) is 5.91 Å². The molecule has 1 fully saturated rings. The van der Waals surface area contributed by atoms with E-state index in [-0.39, 0.29) is 11.7 Å². The maximum absolute atomic E-state index is 13.4. The highest BCUT2D eigenvalue weighted by Crippen LogP contribution is 2.21. The van der Waals surface area contributed by atoms with Crippen molar-refractivity contribution in [3.05, 3.63) is 65.0 Å². The number of carbonyl (C=O) groups excluding carboxylic acids is 1. The van der Waals surface area contributed by atoms with E-state index in [1.54, 1.807) is 13.0 Å². The first-order valence-electron chi connectivity index (χ1n) is 9.73. The maximum atomic E-state index is 13.4. The van der Waals surface area contributed by atoms with Gasteiger partial charge in [-0.25, -0.2) is 9.38 Å². The molecule has 0 radical (unpaired) electrons. The van der Waals surface area contributed by atoms with E-state index in [0.717, 1.165) is 36.3 Å². The van der Waals surface area contributed by atoms with Crippen molar-refractivity contribution in [1.82, 2.24) is 10.6 Å². The van der Waals surface area contributed by atoms with Gasteiger partial charge in [0.25, 0.3) is 0 Å². The summed E-state index contributed by atoms with van der Waals surface area (Å²) in [6, 6.07) is 13.1. The number of aryl methyl sites for hydroxylation is 1. The zero-order valence-corrected chi connectivity index (χ0v) is 16.5. The smallest absolute Gasteiger partial charge is 0.227 e. The van der Waals surface area contributed by atoms with Crippen molar-refractivity contribution in [1.29, 1.82) is 0 Å². The van der Waals surface area contributed by atoms with Gasteiger partial charge in [0.05, 0.1) is 6.54 Å². The molecule has 0 atom stereocenters. The number of carbonyl (C=O) groups is 1. The van der Waals surface area contributed by atoms with E-state index in [4.69, 9.17) is 0 Å².